The van der Waals surface area contributed by atoms with Crippen LogP contribution in [0.15, 0.2) is 24.3 Å². The molecule has 21 heavy (non-hydrogen) atoms. The molecule has 1 saturated heterocycles. The maximum atomic E-state index is 11.7. The van der Waals surface area contributed by atoms with Gasteiger partial charge in [0.05, 0.1) is 17.3 Å². The van der Waals surface area contributed by atoms with Gasteiger partial charge in [0.25, 0.3) is 0 Å². The predicted molar refractivity (Wildman–Crippen MR) is 87.4 cm³/mol. The minimum absolute atomic E-state index is 0.0167. The van der Waals surface area contributed by atoms with Gasteiger partial charge < -0.3 is 5.32 Å². The molecule has 1 atom stereocenters. The molecule has 0 aromatic heterocycles. The van der Waals surface area contributed by atoms with E-state index < -0.39 is 9.84 Å². The Balaban J connectivity index is 1.64. The third-order valence-electron chi connectivity index (χ3n) is 3.46. The van der Waals surface area contributed by atoms with Gasteiger partial charge in [-0.2, -0.15) is 0 Å². The van der Waals surface area contributed by atoms with E-state index in [2.05, 4.69) is 17.4 Å². The van der Waals surface area contributed by atoms with Gasteiger partial charge in [-0.25, -0.2) is 8.42 Å². The molecule has 1 aliphatic rings. The first-order valence-corrected chi connectivity index (χ1v) is 9.96. The Bertz CT molecular complexity index is 599. The molecular formula is C15H21NO3S2. The number of amides is 1. The van der Waals surface area contributed by atoms with Crippen molar-refractivity contribution in [1.29, 1.82) is 0 Å². The average Bonchev–Trinajstić information content (AvgIpc) is 2.76. The summed E-state index contributed by atoms with van der Waals surface area (Å²) < 4.78 is 22.7. The predicted octanol–water partition coefficient (Wildman–Crippen LogP) is 1.57. The number of aryl methyl sites for hydroxylation is 1. The molecule has 1 aromatic carbocycles. The molecule has 1 amide bonds. The lowest BCUT2D eigenvalue weighted by Gasteiger charge is -2.08. The number of carbonyl (C=O) groups is 1. The third-order valence-corrected chi connectivity index (χ3v) is 6.74. The Labute approximate surface area is 130 Å². The number of benzene rings is 1. The van der Waals surface area contributed by atoms with Crippen LogP contribution in [0.2, 0.25) is 0 Å². The van der Waals surface area contributed by atoms with Crippen LogP contribution < -0.4 is 5.32 Å². The number of rotatable bonds is 6. The summed E-state index contributed by atoms with van der Waals surface area (Å²) in [5.41, 5.74) is 2.43. The van der Waals surface area contributed by atoms with Crippen LogP contribution in [0.5, 0.6) is 0 Å². The SMILES string of the molecule is Cc1cccc(CCNC(=O)CSC2CCS(=O)(=O)C2)c1. The van der Waals surface area contributed by atoms with Gasteiger partial charge >= 0.3 is 0 Å². The highest BCUT2D eigenvalue weighted by atomic mass is 32.2. The number of carbonyl (C=O) groups excluding carboxylic acids is 1. The fourth-order valence-corrected chi connectivity index (χ4v) is 5.82. The van der Waals surface area contributed by atoms with E-state index >= 15 is 0 Å². The molecule has 0 aliphatic carbocycles. The molecular weight excluding hydrogens is 306 g/mol. The second-order valence-electron chi connectivity index (χ2n) is 5.43. The van der Waals surface area contributed by atoms with Crippen molar-refractivity contribution in [3.05, 3.63) is 35.4 Å². The van der Waals surface area contributed by atoms with Crippen molar-refractivity contribution in [3.63, 3.8) is 0 Å². The summed E-state index contributed by atoms with van der Waals surface area (Å²) >= 11 is 1.45. The standard InChI is InChI=1S/C15H21NO3S2/c1-12-3-2-4-13(9-12)5-7-16-15(17)10-20-14-6-8-21(18,19)11-14/h2-4,9,14H,5-8,10-11H2,1H3,(H,16,17). The molecule has 1 N–H and O–H groups in total. The lowest BCUT2D eigenvalue weighted by atomic mass is 10.1. The largest absolute Gasteiger partial charge is 0.355 e. The Kier molecular flexibility index (Phi) is 5.70. The van der Waals surface area contributed by atoms with Crippen LogP contribution in [0.4, 0.5) is 0 Å². The van der Waals surface area contributed by atoms with Gasteiger partial charge in [-0.3, -0.25) is 4.79 Å². The van der Waals surface area contributed by atoms with Crippen LogP contribution in [0.1, 0.15) is 17.5 Å². The molecule has 0 saturated carbocycles. The highest BCUT2D eigenvalue weighted by Crippen LogP contribution is 2.23. The summed E-state index contributed by atoms with van der Waals surface area (Å²) in [5.74, 6) is 0.805. The average molecular weight is 327 g/mol. The molecule has 0 spiro atoms. The molecule has 4 nitrogen and oxygen atoms in total. The number of hydrogen-bond donors (Lipinski definition) is 1. The highest BCUT2D eigenvalue weighted by molar-refractivity contribution is 8.02. The quantitative estimate of drug-likeness (QED) is 0.861. The Morgan fingerprint density at radius 3 is 2.90 bits per heavy atom. The molecule has 0 bridgehead atoms. The van der Waals surface area contributed by atoms with Gasteiger partial charge in [0.15, 0.2) is 9.84 Å². The molecule has 2 rings (SSSR count). The molecule has 1 fully saturated rings. The Morgan fingerprint density at radius 1 is 1.43 bits per heavy atom. The fraction of sp³-hybridized carbons (Fsp3) is 0.533. The number of thioether (sulfide) groups is 1. The van der Waals surface area contributed by atoms with E-state index in [9.17, 15) is 13.2 Å². The van der Waals surface area contributed by atoms with Gasteiger partial charge in [-0.05, 0) is 25.3 Å². The van der Waals surface area contributed by atoms with Gasteiger partial charge in [-0.1, -0.05) is 29.8 Å². The maximum absolute atomic E-state index is 11.7. The van der Waals surface area contributed by atoms with Crippen LogP contribution in [0.25, 0.3) is 0 Å². The van der Waals surface area contributed by atoms with Gasteiger partial charge in [0, 0.05) is 11.8 Å². The van der Waals surface area contributed by atoms with Crippen LogP contribution in [0, 0.1) is 6.92 Å². The van der Waals surface area contributed by atoms with Crippen molar-refractivity contribution >= 4 is 27.5 Å². The van der Waals surface area contributed by atoms with Crippen molar-refractivity contribution in [2.24, 2.45) is 0 Å². The summed E-state index contributed by atoms with van der Waals surface area (Å²) in [7, 11) is -2.85. The van der Waals surface area contributed by atoms with E-state index in [1.165, 1.54) is 22.9 Å². The summed E-state index contributed by atoms with van der Waals surface area (Å²) in [6, 6.07) is 8.23. The first-order valence-electron chi connectivity index (χ1n) is 7.09. The topological polar surface area (TPSA) is 63.2 Å². The zero-order valence-electron chi connectivity index (χ0n) is 12.2. The van der Waals surface area contributed by atoms with Crippen molar-refractivity contribution < 1.29 is 13.2 Å². The lowest BCUT2D eigenvalue weighted by molar-refractivity contribution is -0.118. The number of sulfone groups is 1. The molecule has 1 unspecified atom stereocenters. The first kappa shape index (κ1) is 16.4. The van der Waals surface area contributed by atoms with Crippen molar-refractivity contribution in [3.8, 4) is 0 Å². The lowest BCUT2D eigenvalue weighted by Crippen LogP contribution is -2.28. The molecule has 1 heterocycles. The minimum atomic E-state index is -2.85. The van der Waals surface area contributed by atoms with Gasteiger partial charge in [0.1, 0.15) is 0 Å². The second-order valence-corrected chi connectivity index (χ2v) is 8.94. The van der Waals surface area contributed by atoms with Crippen LogP contribution >= 0.6 is 11.8 Å². The minimum Gasteiger partial charge on any atom is -0.355 e. The smallest absolute Gasteiger partial charge is 0.230 e. The van der Waals surface area contributed by atoms with E-state index in [1.54, 1.807) is 0 Å². The fourth-order valence-electron chi connectivity index (χ4n) is 2.35. The van der Waals surface area contributed by atoms with Gasteiger partial charge in [0.2, 0.25) is 5.91 Å². The Hall–Kier alpha value is -1.01. The normalized spacial score (nSPS) is 20.3. The molecule has 1 aliphatic heterocycles. The number of hydrogen-bond acceptors (Lipinski definition) is 4. The second kappa shape index (κ2) is 7.31. The summed E-state index contributed by atoms with van der Waals surface area (Å²) in [6.07, 6.45) is 1.49. The van der Waals surface area contributed by atoms with Crippen LogP contribution in [-0.4, -0.2) is 43.4 Å². The summed E-state index contributed by atoms with van der Waals surface area (Å²) in [6.45, 7) is 2.67. The molecule has 116 valence electrons. The number of nitrogens with one attached hydrogen (secondary N) is 1. The van der Waals surface area contributed by atoms with Gasteiger partial charge in [-0.15, -0.1) is 11.8 Å². The zero-order valence-corrected chi connectivity index (χ0v) is 13.8. The first-order chi connectivity index (χ1) is 9.94. The van der Waals surface area contributed by atoms with Crippen LogP contribution in [-0.2, 0) is 21.1 Å². The monoisotopic (exact) mass is 327 g/mol. The van der Waals surface area contributed by atoms with E-state index in [-0.39, 0.29) is 22.7 Å². The zero-order chi connectivity index (χ0) is 15.3. The third kappa shape index (κ3) is 5.71. The summed E-state index contributed by atoms with van der Waals surface area (Å²) in [4.78, 5) is 11.7. The van der Waals surface area contributed by atoms with E-state index in [4.69, 9.17) is 0 Å². The molecule has 0 radical (unpaired) electrons. The van der Waals surface area contributed by atoms with Crippen molar-refractivity contribution in [1.82, 2.24) is 5.32 Å². The maximum Gasteiger partial charge on any atom is 0.230 e. The highest BCUT2D eigenvalue weighted by Gasteiger charge is 2.28. The molecule has 1 aromatic rings. The van der Waals surface area contributed by atoms with E-state index in [1.807, 2.05) is 19.1 Å². The van der Waals surface area contributed by atoms with E-state index in [0.29, 0.717) is 18.7 Å². The van der Waals surface area contributed by atoms with E-state index in [0.717, 1.165) is 6.42 Å². The van der Waals surface area contributed by atoms with Crippen molar-refractivity contribution in [2.75, 3.05) is 23.8 Å². The van der Waals surface area contributed by atoms with Crippen LogP contribution in [0.3, 0.4) is 0 Å². The van der Waals surface area contributed by atoms with Crippen molar-refractivity contribution in [2.45, 2.75) is 25.0 Å². The Morgan fingerprint density at radius 2 is 2.24 bits per heavy atom. The molecule has 6 heteroatoms. The summed E-state index contributed by atoms with van der Waals surface area (Å²) in [5, 5.41) is 2.97.